The van der Waals surface area contributed by atoms with Crippen LogP contribution in [0.2, 0.25) is 0 Å². The summed E-state index contributed by atoms with van der Waals surface area (Å²) in [6.07, 6.45) is 12.9. The Balaban J connectivity index is 1.12. The first-order valence-electron chi connectivity index (χ1n) is 13.8. The summed E-state index contributed by atoms with van der Waals surface area (Å²) in [5.41, 5.74) is 8.14. The van der Waals surface area contributed by atoms with Crippen molar-refractivity contribution >= 4 is 56.7 Å². The normalized spacial score (nSPS) is 20.3. The molecule has 0 saturated heterocycles. The van der Waals surface area contributed by atoms with E-state index in [2.05, 4.69) is 102 Å². The average Bonchev–Trinajstić information content (AvgIpc) is 3.79. The molecule has 3 aliphatic rings. The van der Waals surface area contributed by atoms with Gasteiger partial charge in [0.1, 0.15) is 0 Å². The molecule has 6 heteroatoms. The molecule has 0 spiro atoms. The van der Waals surface area contributed by atoms with Gasteiger partial charge in [-0.05, 0) is 71.5 Å². The molecule has 6 heterocycles. The fraction of sp³-hybridized carbons (Fsp3) is 0.111. The molecule has 0 N–H and O–H groups in total. The van der Waals surface area contributed by atoms with Gasteiger partial charge in [-0.2, -0.15) is 0 Å². The first kappa shape index (κ1) is 26.1. The average molecular weight is 613 g/mol. The Morgan fingerprint density at radius 2 is 1.88 bits per heavy atom. The Morgan fingerprint density at radius 1 is 0.929 bits per heavy atom. The zero-order valence-corrected chi connectivity index (χ0v) is 26.0. The van der Waals surface area contributed by atoms with Gasteiger partial charge < -0.3 is 0 Å². The molecule has 0 bridgehead atoms. The molecule has 0 radical (unpaired) electrons. The highest BCUT2D eigenvalue weighted by Crippen LogP contribution is 2.58. The third-order valence-corrected chi connectivity index (χ3v) is 12.5. The van der Waals surface area contributed by atoms with Crippen molar-refractivity contribution in [3.63, 3.8) is 0 Å². The second-order valence-electron chi connectivity index (χ2n) is 10.6. The lowest BCUT2D eigenvalue weighted by Gasteiger charge is -2.29. The predicted octanol–water partition coefficient (Wildman–Crippen LogP) is 10.3. The Morgan fingerprint density at radius 3 is 2.67 bits per heavy atom. The van der Waals surface area contributed by atoms with Crippen LogP contribution in [0.3, 0.4) is 0 Å². The Bertz CT molecular complexity index is 1970. The van der Waals surface area contributed by atoms with Crippen molar-refractivity contribution in [1.82, 2.24) is 9.97 Å². The van der Waals surface area contributed by atoms with E-state index in [0.717, 1.165) is 22.7 Å². The Hall–Kier alpha value is -3.60. The lowest BCUT2D eigenvalue weighted by atomic mass is 9.81. The smallest absolute Gasteiger partial charge is 0.0717 e. The quantitative estimate of drug-likeness (QED) is 0.185. The van der Waals surface area contributed by atoms with Crippen molar-refractivity contribution in [3.05, 3.63) is 125 Å². The van der Waals surface area contributed by atoms with Gasteiger partial charge >= 0.3 is 0 Å². The lowest BCUT2D eigenvalue weighted by Crippen LogP contribution is -2.23. The number of allylic oxidation sites excluding steroid dienone is 4. The summed E-state index contributed by atoms with van der Waals surface area (Å²) in [5, 5.41) is 2.17. The number of thiophene rings is 2. The van der Waals surface area contributed by atoms with Gasteiger partial charge in [-0.15, -0.1) is 46.2 Å². The first-order chi connectivity index (χ1) is 20.6. The van der Waals surface area contributed by atoms with E-state index in [9.17, 15) is 0 Å². The van der Waals surface area contributed by atoms with E-state index in [1.165, 1.54) is 46.7 Å². The van der Waals surface area contributed by atoms with Crippen LogP contribution in [-0.2, 0) is 0 Å². The largest absolute Gasteiger partial charge is 0.256 e. The van der Waals surface area contributed by atoms with Gasteiger partial charge in [0.2, 0.25) is 0 Å². The second-order valence-corrected chi connectivity index (χ2v) is 15.1. The summed E-state index contributed by atoms with van der Waals surface area (Å²) in [4.78, 5) is 15.9. The first-order valence-corrected chi connectivity index (χ1v) is 17.3. The number of pyridine rings is 2. The van der Waals surface area contributed by atoms with Crippen LogP contribution < -0.4 is 0 Å². The molecule has 5 aromatic rings. The van der Waals surface area contributed by atoms with Crippen LogP contribution in [0.4, 0.5) is 0 Å². The van der Waals surface area contributed by atoms with E-state index in [-0.39, 0.29) is 4.75 Å². The molecule has 0 amide bonds. The zero-order valence-electron chi connectivity index (χ0n) is 22.7. The predicted molar refractivity (Wildman–Crippen MR) is 183 cm³/mol. The molecule has 1 aliphatic carbocycles. The highest BCUT2D eigenvalue weighted by molar-refractivity contribution is 8.08. The molecule has 8 rings (SSSR count). The highest BCUT2D eigenvalue weighted by atomic mass is 32.2. The van der Waals surface area contributed by atoms with Gasteiger partial charge in [-0.1, -0.05) is 54.3 Å². The van der Waals surface area contributed by atoms with Gasteiger partial charge in [0.25, 0.3) is 0 Å². The molecular formula is C36H24N2S4. The molecule has 42 heavy (non-hydrogen) atoms. The van der Waals surface area contributed by atoms with E-state index in [0.29, 0.717) is 5.92 Å². The summed E-state index contributed by atoms with van der Waals surface area (Å²) < 4.78 is -0.0645. The van der Waals surface area contributed by atoms with Crippen molar-refractivity contribution in [2.24, 2.45) is 0 Å². The van der Waals surface area contributed by atoms with Crippen LogP contribution in [0, 0.1) is 11.8 Å². The number of fused-ring (bicyclic) bond motifs is 3. The Labute approximate surface area is 262 Å². The summed E-state index contributed by atoms with van der Waals surface area (Å²) in [6, 6.07) is 24.0. The minimum absolute atomic E-state index is 0.0645. The van der Waals surface area contributed by atoms with E-state index < -0.39 is 0 Å². The monoisotopic (exact) mass is 612 g/mol. The van der Waals surface area contributed by atoms with Crippen LogP contribution in [0.25, 0.3) is 42.6 Å². The molecule has 4 aromatic heterocycles. The standard InChI is InChI=1S/C36H24N2S4/c1-36-21-24(30-15-12-25(22-38-30)29-7-2-4-16-37-29)11-14-28(36)26-13-10-23(19-33(26)42-36)27-20-34(31-8-3-5-17-39-31)41-35(27)32-9-6-18-40-32/h2,4,6-16,18-22,28H,17H2,1H3. The molecule has 0 fully saturated rings. The van der Waals surface area contributed by atoms with Gasteiger partial charge in [-0.25, -0.2) is 0 Å². The zero-order chi connectivity index (χ0) is 28.1. The van der Waals surface area contributed by atoms with E-state index in [1.807, 2.05) is 76.8 Å². The van der Waals surface area contributed by atoms with Crippen molar-refractivity contribution in [1.29, 1.82) is 0 Å². The lowest BCUT2D eigenvalue weighted by molar-refractivity contribution is 0.704. The number of thioether (sulfide) groups is 2. The van der Waals surface area contributed by atoms with E-state index in [4.69, 9.17) is 4.98 Å². The number of hydrogen-bond donors (Lipinski definition) is 0. The van der Waals surface area contributed by atoms with Crippen molar-refractivity contribution in [2.45, 2.75) is 22.5 Å². The van der Waals surface area contributed by atoms with Crippen LogP contribution in [-0.4, -0.2) is 20.5 Å². The van der Waals surface area contributed by atoms with Gasteiger partial charge in [0.05, 0.1) is 22.0 Å². The fourth-order valence-electron chi connectivity index (χ4n) is 5.81. The summed E-state index contributed by atoms with van der Waals surface area (Å²) in [7, 11) is 0. The molecule has 2 unspecified atom stereocenters. The van der Waals surface area contributed by atoms with Crippen molar-refractivity contribution in [2.75, 3.05) is 5.75 Å². The molecule has 2 atom stereocenters. The summed E-state index contributed by atoms with van der Waals surface area (Å²) >= 11 is 7.50. The molecular weight excluding hydrogens is 589 g/mol. The molecule has 202 valence electrons. The molecule has 1 aromatic carbocycles. The maximum atomic E-state index is 4.82. The molecule has 0 saturated carbocycles. The minimum atomic E-state index is -0.0645. The minimum Gasteiger partial charge on any atom is -0.256 e. The number of nitrogens with zero attached hydrogens (tertiary/aromatic N) is 2. The maximum absolute atomic E-state index is 4.82. The number of hydrogen-bond acceptors (Lipinski definition) is 6. The van der Waals surface area contributed by atoms with Crippen LogP contribution in [0.5, 0.6) is 0 Å². The maximum Gasteiger partial charge on any atom is 0.0717 e. The van der Waals surface area contributed by atoms with Crippen LogP contribution in [0.15, 0.2) is 114 Å². The van der Waals surface area contributed by atoms with Crippen LogP contribution >= 0.6 is 46.2 Å². The van der Waals surface area contributed by atoms with Gasteiger partial charge in [0, 0.05) is 59.8 Å². The summed E-state index contributed by atoms with van der Waals surface area (Å²) in [5.74, 6) is 7.54. The topological polar surface area (TPSA) is 25.8 Å². The Kier molecular flexibility index (Phi) is 6.57. The summed E-state index contributed by atoms with van der Waals surface area (Å²) in [6.45, 7) is 2.36. The second kappa shape index (κ2) is 10.6. The molecule has 2 aliphatic heterocycles. The van der Waals surface area contributed by atoms with Crippen molar-refractivity contribution in [3.8, 4) is 44.0 Å². The number of rotatable bonds is 5. The number of benzene rings is 1. The van der Waals surface area contributed by atoms with Crippen LogP contribution in [0.1, 0.15) is 29.0 Å². The van der Waals surface area contributed by atoms with Crippen molar-refractivity contribution < 1.29 is 0 Å². The third kappa shape index (κ3) is 4.62. The van der Waals surface area contributed by atoms with Gasteiger partial charge in [-0.3, -0.25) is 9.97 Å². The third-order valence-electron chi connectivity index (χ3n) is 7.86. The van der Waals surface area contributed by atoms with E-state index >= 15 is 0 Å². The fourth-order valence-corrected chi connectivity index (χ4v) is 10.2. The molecule has 2 nitrogen and oxygen atoms in total. The number of aromatic nitrogens is 2. The highest BCUT2D eigenvalue weighted by Gasteiger charge is 2.42. The van der Waals surface area contributed by atoms with Gasteiger partial charge in [0.15, 0.2) is 0 Å². The SMILES string of the molecule is CC12C=C(c3ccc(-c4ccccn4)cn3)C=CC1c1ccc(-c3cc(C4=CC#CCS4)sc3-c3cccs3)cc1S2. The van der Waals surface area contributed by atoms with E-state index in [1.54, 1.807) is 0 Å².